The Labute approximate surface area is 172 Å². The summed E-state index contributed by atoms with van der Waals surface area (Å²) in [7, 11) is 1.44. The molecule has 2 aromatic heterocycles. The van der Waals surface area contributed by atoms with Crippen molar-refractivity contribution in [2.45, 2.75) is 0 Å². The number of fused-ring (bicyclic) bond motifs is 4. The lowest BCUT2D eigenvalue weighted by Crippen LogP contribution is -2.37. The Balaban J connectivity index is 1.87. The van der Waals surface area contributed by atoms with Gasteiger partial charge in [-0.3, -0.25) is 28.5 Å². The molecule has 2 amide bonds. The first-order valence-electron chi connectivity index (χ1n) is 9.08. The topological polar surface area (TPSA) is 88.8 Å². The van der Waals surface area contributed by atoms with E-state index < -0.39 is 17.1 Å². The monoisotopic (exact) mass is 415 g/mol. The first-order chi connectivity index (χ1) is 14.4. The van der Waals surface area contributed by atoms with Gasteiger partial charge in [0, 0.05) is 45.3 Å². The number of benzene rings is 3. The summed E-state index contributed by atoms with van der Waals surface area (Å²) in [5, 5.41) is 1.44. The Kier molecular flexibility index (Phi) is 3.07. The van der Waals surface area contributed by atoms with Gasteiger partial charge in [0.1, 0.15) is 5.65 Å². The van der Waals surface area contributed by atoms with Crippen molar-refractivity contribution >= 4 is 66.9 Å². The van der Waals surface area contributed by atoms with Gasteiger partial charge in [-0.2, -0.15) is 0 Å². The Morgan fingerprint density at radius 3 is 2.23 bits per heavy atom. The molecule has 0 unspecified atom stereocenters. The van der Waals surface area contributed by atoms with Crippen LogP contribution in [0, 0.1) is 0 Å². The molecule has 144 valence electrons. The molecule has 0 spiro atoms. The van der Waals surface area contributed by atoms with Crippen LogP contribution < -0.4 is 5.56 Å². The third-order valence-electron chi connectivity index (χ3n) is 5.79. The Morgan fingerprint density at radius 1 is 0.900 bits per heavy atom. The van der Waals surface area contributed by atoms with Crippen LogP contribution in [-0.4, -0.2) is 38.4 Å². The van der Waals surface area contributed by atoms with Crippen molar-refractivity contribution in [3.05, 3.63) is 69.5 Å². The largest absolute Gasteiger partial charge is 0.277 e. The lowest BCUT2D eigenvalue weighted by Gasteiger charge is -2.24. The van der Waals surface area contributed by atoms with Gasteiger partial charge in [-0.15, -0.1) is 0 Å². The summed E-state index contributed by atoms with van der Waals surface area (Å²) in [6.07, 6.45) is 0. The Bertz CT molecular complexity index is 1680. The zero-order valence-corrected chi connectivity index (χ0v) is 16.1. The Hall–Kier alpha value is -3.84. The predicted octanol–water partition coefficient (Wildman–Crippen LogP) is 3.20. The summed E-state index contributed by atoms with van der Waals surface area (Å²) in [5.74, 6) is -0.819. The van der Waals surface area contributed by atoms with Crippen LogP contribution in [0.25, 0.3) is 38.2 Å². The van der Waals surface area contributed by atoms with Crippen molar-refractivity contribution in [2.75, 3.05) is 7.05 Å². The second kappa shape index (κ2) is 5.40. The van der Waals surface area contributed by atoms with Crippen LogP contribution in [0.4, 0.5) is 0 Å². The normalized spacial score (nSPS) is 14.0. The van der Waals surface area contributed by atoms with Crippen molar-refractivity contribution in [1.29, 1.82) is 0 Å². The van der Waals surface area contributed by atoms with Gasteiger partial charge in [-0.05, 0) is 54.1 Å². The average molecular weight is 416 g/mol. The molecule has 1 aliphatic heterocycles. The number of nitrogens with zero attached hydrogens (tertiary/aromatic N) is 3. The highest BCUT2D eigenvalue weighted by atomic mass is 35.5. The number of pyridine rings is 1. The maximum absolute atomic E-state index is 13.4. The maximum Gasteiger partial charge on any atom is 0.264 e. The SMILES string of the molecule is CN1C(=O)c2ccc3c(=O)n4c5ccc(C(=O)Cl)cc5nc4c4ccc(c2c34)C1=O. The minimum atomic E-state index is -0.614. The van der Waals surface area contributed by atoms with Crippen LogP contribution in [0.2, 0.25) is 0 Å². The van der Waals surface area contributed by atoms with Crippen LogP contribution in [0.5, 0.6) is 0 Å². The van der Waals surface area contributed by atoms with E-state index in [2.05, 4.69) is 4.98 Å². The lowest BCUT2D eigenvalue weighted by molar-refractivity contribution is 0.0650. The van der Waals surface area contributed by atoms with Gasteiger partial charge >= 0.3 is 0 Å². The molecule has 7 nitrogen and oxygen atoms in total. The number of carbonyl (C=O) groups is 3. The van der Waals surface area contributed by atoms with E-state index in [-0.39, 0.29) is 11.1 Å². The molecule has 5 aromatic rings. The number of amides is 2. The molecule has 3 aromatic carbocycles. The van der Waals surface area contributed by atoms with Crippen LogP contribution in [-0.2, 0) is 0 Å². The molecular formula is C22H10ClN3O4. The summed E-state index contributed by atoms with van der Waals surface area (Å²) >= 11 is 5.59. The van der Waals surface area contributed by atoms with Gasteiger partial charge in [0.25, 0.3) is 22.6 Å². The van der Waals surface area contributed by atoms with Crippen LogP contribution in [0.1, 0.15) is 31.1 Å². The molecule has 3 heterocycles. The molecule has 30 heavy (non-hydrogen) atoms. The molecule has 0 bridgehead atoms. The van der Waals surface area contributed by atoms with Gasteiger partial charge in [0.15, 0.2) is 0 Å². The molecule has 0 saturated heterocycles. The molecule has 0 N–H and O–H groups in total. The first-order valence-corrected chi connectivity index (χ1v) is 9.46. The molecule has 0 fully saturated rings. The van der Waals surface area contributed by atoms with E-state index in [1.807, 2.05) is 0 Å². The number of aromatic nitrogens is 2. The summed E-state index contributed by atoms with van der Waals surface area (Å²) in [6.45, 7) is 0. The fourth-order valence-electron chi connectivity index (χ4n) is 4.38. The van der Waals surface area contributed by atoms with Gasteiger partial charge in [0.05, 0.1) is 11.0 Å². The van der Waals surface area contributed by atoms with Crippen LogP contribution in [0.15, 0.2) is 47.3 Å². The summed E-state index contributed by atoms with van der Waals surface area (Å²) in [6, 6.07) is 11.3. The highest BCUT2D eigenvalue weighted by molar-refractivity contribution is 6.67. The number of halogens is 1. The fourth-order valence-corrected chi connectivity index (χ4v) is 4.50. The molecule has 0 radical (unpaired) electrons. The molecule has 0 aliphatic carbocycles. The number of imide groups is 1. The third kappa shape index (κ3) is 1.87. The number of hydrogen-bond donors (Lipinski definition) is 0. The second-order valence-corrected chi connectivity index (χ2v) is 7.64. The summed E-state index contributed by atoms with van der Waals surface area (Å²) < 4.78 is 1.48. The summed E-state index contributed by atoms with van der Waals surface area (Å²) in [4.78, 5) is 55.9. The van der Waals surface area contributed by atoms with E-state index >= 15 is 0 Å². The van der Waals surface area contributed by atoms with Gasteiger partial charge in [0.2, 0.25) is 0 Å². The molecule has 0 saturated carbocycles. The van der Waals surface area contributed by atoms with Crippen molar-refractivity contribution in [1.82, 2.24) is 14.3 Å². The molecule has 6 rings (SSSR count). The number of imidazole rings is 1. The van der Waals surface area contributed by atoms with E-state index in [1.165, 1.54) is 17.5 Å². The minimum Gasteiger partial charge on any atom is -0.277 e. The number of hydrogen-bond acceptors (Lipinski definition) is 5. The maximum atomic E-state index is 13.4. The lowest BCUT2D eigenvalue weighted by atomic mass is 9.90. The average Bonchev–Trinajstić information content (AvgIpc) is 3.13. The van der Waals surface area contributed by atoms with E-state index in [4.69, 9.17) is 11.6 Å². The molecule has 8 heteroatoms. The molecular weight excluding hydrogens is 406 g/mol. The first kappa shape index (κ1) is 17.1. The highest BCUT2D eigenvalue weighted by Crippen LogP contribution is 2.36. The van der Waals surface area contributed by atoms with Crippen molar-refractivity contribution in [3.63, 3.8) is 0 Å². The summed E-state index contributed by atoms with van der Waals surface area (Å²) in [5.41, 5.74) is 2.11. The van der Waals surface area contributed by atoms with Gasteiger partial charge in [-0.25, -0.2) is 4.98 Å². The van der Waals surface area contributed by atoms with E-state index in [0.29, 0.717) is 49.4 Å². The predicted molar refractivity (Wildman–Crippen MR) is 112 cm³/mol. The number of carbonyl (C=O) groups excluding carboxylic acids is 3. The smallest absolute Gasteiger partial charge is 0.264 e. The zero-order valence-electron chi connectivity index (χ0n) is 15.4. The van der Waals surface area contributed by atoms with Crippen molar-refractivity contribution in [3.8, 4) is 0 Å². The fraction of sp³-hybridized carbons (Fsp3) is 0.0455. The van der Waals surface area contributed by atoms with Crippen molar-refractivity contribution in [2.24, 2.45) is 0 Å². The third-order valence-corrected chi connectivity index (χ3v) is 6.00. The number of rotatable bonds is 1. The quantitative estimate of drug-likeness (QED) is 0.310. The molecule has 0 atom stereocenters. The molecule has 1 aliphatic rings. The standard InChI is InChI=1S/C22H10ClN3O4/c1-25-20(28)11-4-3-10-16-13(6-5-12(17(11)16)21(25)29)22(30)26-15-7-2-9(18(23)27)8-14(15)24-19(10)26/h2-8H,1H3. The van der Waals surface area contributed by atoms with E-state index in [0.717, 1.165) is 4.90 Å². The highest BCUT2D eigenvalue weighted by Gasteiger charge is 2.32. The van der Waals surface area contributed by atoms with Crippen molar-refractivity contribution < 1.29 is 14.4 Å². The minimum absolute atomic E-state index is 0.279. The van der Waals surface area contributed by atoms with Crippen LogP contribution >= 0.6 is 11.6 Å². The zero-order chi connectivity index (χ0) is 20.9. The van der Waals surface area contributed by atoms with E-state index in [1.54, 1.807) is 36.4 Å². The Morgan fingerprint density at radius 2 is 1.57 bits per heavy atom. The van der Waals surface area contributed by atoms with Gasteiger partial charge in [-0.1, -0.05) is 0 Å². The van der Waals surface area contributed by atoms with Crippen LogP contribution in [0.3, 0.4) is 0 Å². The second-order valence-electron chi connectivity index (χ2n) is 7.29. The van der Waals surface area contributed by atoms with Gasteiger partial charge < -0.3 is 0 Å². The van der Waals surface area contributed by atoms with E-state index in [9.17, 15) is 19.2 Å².